The van der Waals surface area contributed by atoms with Gasteiger partial charge in [-0.1, -0.05) is 6.07 Å². The highest BCUT2D eigenvalue weighted by molar-refractivity contribution is 6.08. The van der Waals surface area contributed by atoms with Gasteiger partial charge in [0.2, 0.25) is 0 Å². The van der Waals surface area contributed by atoms with Crippen LogP contribution in [0.25, 0.3) is 0 Å². The maximum atomic E-state index is 12.6. The zero-order valence-electron chi connectivity index (χ0n) is 14.1. The van der Waals surface area contributed by atoms with Crippen LogP contribution in [0.5, 0.6) is 11.5 Å². The van der Waals surface area contributed by atoms with Crippen molar-refractivity contribution in [2.45, 2.75) is 0 Å². The monoisotopic (exact) mass is 330 g/mol. The summed E-state index contributed by atoms with van der Waals surface area (Å²) in [5, 5.41) is 6.07. The predicted molar refractivity (Wildman–Crippen MR) is 94.3 cm³/mol. The summed E-state index contributed by atoms with van der Waals surface area (Å²) in [5.41, 5.74) is 2.01. The molecule has 0 saturated heterocycles. The van der Waals surface area contributed by atoms with Crippen molar-refractivity contribution >= 4 is 17.3 Å². The van der Waals surface area contributed by atoms with Crippen LogP contribution in [0.15, 0.2) is 42.5 Å². The molecule has 24 heavy (non-hydrogen) atoms. The molecule has 0 unspecified atom stereocenters. The molecule has 0 spiro atoms. The molecular weight excluding hydrogens is 308 g/mol. The Morgan fingerprint density at radius 3 is 2.04 bits per heavy atom. The number of hydrogen-bond donors (Lipinski definition) is 2. The fraction of sp³-hybridized carbons (Fsp3) is 0.278. The predicted octanol–water partition coefficient (Wildman–Crippen LogP) is 3.01. The highest BCUT2D eigenvalue weighted by Crippen LogP contribution is 2.29. The SMILES string of the molecule is COCCNc1ccc(NC(=O)c2c(OC)cccc2OC)cc1. The lowest BCUT2D eigenvalue weighted by Crippen LogP contribution is -2.14. The first kappa shape index (κ1) is 17.6. The van der Waals surface area contributed by atoms with E-state index in [-0.39, 0.29) is 5.91 Å². The molecule has 0 bridgehead atoms. The van der Waals surface area contributed by atoms with E-state index in [2.05, 4.69) is 10.6 Å². The Morgan fingerprint density at radius 1 is 0.917 bits per heavy atom. The molecule has 0 fully saturated rings. The van der Waals surface area contributed by atoms with Gasteiger partial charge in [-0.3, -0.25) is 4.79 Å². The fourth-order valence-corrected chi connectivity index (χ4v) is 2.24. The van der Waals surface area contributed by atoms with Gasteiger partial charge in [-0.15, -0.1) is 0 Å². The lowest BCUT2D eigenvalue weighted by Gasteiger charge is -2.13. The lowest BCUT2D eigenvalue weighted by atomic mass is 10.1. The molecule has 2 N–H and O–H groups in total. The topological polar surface area (TPSA) is 68.8 Å². The second kappa shape index (κ2) is 8.79. The van der Waals surface area contributed by atoms with Crippen molar-refractivity contribution in [1.82, 2.24) is 0 Å². The maximum absolute atomic E-state index is 12.6. The number of carbonyl (C=O) groups is 1. The maximum Gasteiger partial charge on any atom is 0.263 e. The number of hydrogen-bond acceptors (Lipinski definition) is 5. The molecule has 0 aliphatic rings. The number of benzene rings is 2. The largest absolute Gasteiger partial charge is 0.496 e. The minimum absolute atomic E-state index is 0.288. The average Bonchev–Trinajstić information content (AvgIpc) is 2.62. The number of rotatable bonds is 8. The van der Waals surface area contributed by atoms with Gasteiger partial charge in [0, 0.05) is 25.0 Å². The second-order valence-electron chi connectivity index (χ2n) is 4.99. The first-order valence-electron chi connectivity index (χ1n) is 7.54. The zero-order valence-corrected chi connectivity index (χ0v) is 14.1. The molecule has 2 aromatic rings. The van der Waals surface area contributed by atoms with Gasteiger partial charge in [0.1, 0.15) is 17.1 Å². The van der Waals surface area contributed by atoms with Gasteiger partial charge in [-0.25, -0.2) is 0 Å². The Kier molecular flexibility index (Phi) is 6.45. The molecule has 0 atom stereocenters. The zero-order chi connectivity index (χ0) is 17.4. The van der Waals surface area contributed by atoms with E-state index in [1.54, 1.807) is 25.3 Å². The third-order valence-corrected chi connectivity index (χ3v) is 3.43. The van der Waals surface area contributed by atoms with Crippen molar-refractivity contribution in [3.05, 3.63) is 48.0 Å². The van der Waals surface area contributed by atoms with E-state index < -0.39 is 0 Å². The van der Waals surface area contributed by atoms with E-state index >= 15 is 0 Å². The van der Waals surface area contributed by atoms with Gasteiger partial charge < -0.3 is 24.8 Å². The van der Waals surface area contributed by atoms with E-state index in [1.807, 2.05) is 24.3 Å². The summed E-state index contributed by atoms with van der Waals surface area (Å²) in [6, 6.07) is 12.7. The molecule has 0 aliphatic carbocycles. The van der Waals surface area contributed by atoms with Crippen LogP contribution in [0.4, 0.5) is 11.4 Å². The molecular formula is C18H22N2O4. The Balaban J connectivity index is 2.10. The Labute approximate surface area is 141 Å². The summed E-state index contributed by atoms with van der Waals surface area (Å²) < 4.78 is 15.5. The number of carbonyl (C=O) groups excluding carboxylic acids is 1. The van der Waals surface area contributed by atoms with Crippen LogP contribution >= 0.6 is 0 Å². The van der Waals surface area contributed by atoms with E-state index in [0.29, 0.717) is 29.4 Å². The van der Waals surface area contributed by atoms with E-state index in [9.17, 15) is 4.79 Å². The third kappa shape index (κ3) is 4.39. The molecule has 1 amide bonds. The Bertz CT molecular complexity index is 649. The van der Waals surface area contributed by atoms with Crippen molar-refractivity contribution in [2.75, 3.05) is 45.1 Å². The van der Waals surface area contributed by atoms with E-state index in [1.165, 1.54) is 14.2 Å². The van der Waals surface area contributed by atoms with Gasteiger partial charge in [0.05, 0.1) is 20.8 Å². The summed E-state index contributed by atoms with van der Waals surface area (Å²) in [7, 11) is 4.70. The van der Waals surface area contributed by atoms with Gasteiger partial charge in [-0.05, 0) is 36.4 Å². The highest BCUT2D eigenvalue weighted by atomic mass is 16.5. The molecule has 6 heteroatoms. The number of anilines is 2. The molecule has 0 saturated carbocycles. The fourth-order valence-electron chi connectivity index (χ4n) is 2.24. The van der Waals surface area contributed by atoms with Crippen LogP contribution in [0.3, 0.4) is 0 Å². The molecule has 128 valence electrons. The quantitative estimate of drug-likeness (QED) is 0.728. The molecule has 0 aromatic heterocycles. The van der Waals surface area contributed by atoms with Crippen LogP contribution in [-0.2, 0) is 4.74 Å². The molecule has 2 rings (SSSR count). The van der Waals surface area contributed by atoms with E-state index in [0.717, 1.165) is 12.2 Å². The standard InChI is InChI=1S/C18H22N2O4/c1-22-12-11-19-13-7-9-14(10-8-13)20-18(21)17-15(23-2)5-4-6-16(17)24-3/h4-10,19H,11-12H2,1-3H3,(H,20,21). The number of nitrogens with one attached hydrogen (secondary N) is 2. The molecule has 2 aromatic carbocycles. The Morgan fingerprint density at radius 2 is 1.50 bits per heavy atom. The molecule has 0 radical (unpaired) electrons. The third-order valence-electron chi connectivity index (χ3n) is 3.43. The minimum Gasteiger partial charge on any atom is -0.496 e. The highest BCUT2D eigenvalue weighted by Gasteiger charge is 2.18. The van der Waals surface area contributed by atoms with Crippen LogP contribution in [0, 0.1) is 0 Å². The van der Waals surface area contributed by atoms with E-state index in [4.69, 9.17) is 14.2 Å². The van der Waals surface area contributed by atoms with Crippen LogP contribution in [0.1, 0.15) is 10.4 Å². The summed E-state index contributed by atoms with van der Waals surface area (Å²) in [6.45, 7) is 1.35. The summed E-state index contributed by atoms with van der Waals surface area (Å²) in [5.74, 6) is 0.638. The minimum atomic E-state index is -0.288. The molecule has 0 heterocycles. The van der Waals surface area contributed by atoms with Crippen molar-refractivity contribution in [3.8, 4) is 11.5 Å². The van der Waals surface area contributed by atoms with Gasteiger partial charge >= 0.3 is 0 Å². The molecule has 6 nitrogen and oxygen atoms in total. The van der Waals surface area contributed by atoms with Crippen LogP contribution in [0.2, 0.25) is 0 Å². The van der Waals surface area contributed by atoms with Crippen molar-refractivity contribution in [1.29, 1.82) is 0 Å². The van der Waals surface area contributed by atoms with Crippen LogP contribution < -0.4 is 20.1 Å². The first-order chi connectivity index (χ1) is 11.7. The van der Waals surface area contributed by atoms with Crippen molar-refractivity contribution in [3.63, 3.8) is 0 Å². The number of ether oxygens (including phenoxy) is 3. The normalized spacial score (nSPS) is 10.1. The summed E-state index contributed by atoms with van der Waals surface area (Å²) >= 11 is 0. The summed E-state index contributed by atoms with van der Waals surface area (Å²) in [4.78, 5) is 12.6. The van der Waals surface area contributed by atoms with Gasteiger partial charge in [-0.2, -0.15) is 0 Å². The Hall–Kier alpha value is -2.73. The smallest absolute Gasteiger partial charge is 0.263 e. The average molecular weight is 330 g/mol. The van der Waals surface area contributed by atoms with Gasteiger partial charge in [0.25, 0.3) is 5.91 Å². The van der Waals surface area contributed by atoms with Crippen molar-refractivity contribution in [2.24, 2.45) is 0 Å². The number of amides is 1. The second-order valence-corrected chi connectivity index (χ2v) is 4.99. The number of methoxy groups -OCH3 is 3. The van der Waals surface area contributed by atoms with Crippen molar-refractivity contribution < 1.29 is 19.0 Å². The van der Waals surface area contributed by atoms with Gasteiger partial charge in [0.15, 0.2) is 0 Å². The summed E-state index contributed by atoms with van der Waals surface area (Å²) in [6.07, 6.45) is 0. The van der Waals surface area contributed by atoms with Crippen LogP contribution in [-0.4, -0.2) is 40.4 Å². The lowest BCUT2D eigenvalue weighted by molar-refractivity contribution is 0.102. The molecule has 0 aliphatic heterocycles. The first-order valence-corrected chi connectivity index (χ1v) is 7.54.